The van der Waals surface area contributed by atoms with Gasteiger partial charge >= 0.3 is 0 Å². The van der Waals surface area contributed by atoms with Gasteiger partial charge in [0.2, 0.25) is 5.91 Å². The molecule has 1 heterocycles. The van der Waals surface area contributed by atoms with Crippen LogP contribution in [-0.2, 0) is 16.2 Å². The number of rotatable bonds is 14. The fourth-order valence-electron chi connectivity index (χ4n) is 10.4. The third-order valence-corrected chi connectivity index (χ3v) is 13.4. The lowest BCUT2D eigenvalue weighted by Gasteiger charge is -2.62. The molecule has 2 aromatic rings. The number of hydrogen-bond donors (Lipinski definition) is 4. The van der Waals surface area contributed by atoms with Crippen molar-refractivity contribution in [3.8, 4) is 16.9 Å². The summed E-state index contributed by atoms with van der Waals surface area (Å²) in [6.45, 7) is 9.25. The van der Waals surface area contributed by atoms with Crippen LogP contribution in [0.5, 0.6) is 5.75 Å². The largest absolute Gasteiger partial charge is 0.496 e. The van der Waals surface area contributed by atoms with Crippen LogP contribution >= 0.6 is 0 Å². The maximum atomic E-state index is 14.2. The molecule has 9 atom stereocenters. The molecule has 1 unspecified atom stereocenters. The number of amides is 2. The minimum absolute atomic E-state index is 0.0525. The van der Waals surface area contributed by atoms with Crippen LogP contribution in [0.3, 0.4) is 0 Å². The minimum Gasteiger partial charge on any atom is -0.496 e. The van der Waals surface area contributed by atoms with E-state index in [-0.39, 0.29) is 37.0 Å². The summed E-state index contributed by atoms with van der Waals surface area (Å²) >= 11 is 0. The Labute approximate surface area is 316 Å². The number of carbonyl (C=O) groups is 2. The molecule has 53 heavy (non-hydrogen) atoms. The molecule has 2 amide bonds. The quantitative estimate of drug-likeness (QED) is 0.197. The van der Waals surface area contributed by atoms with Crippen LogP contribution in [0.25, 0.3) is 11.1 Å². The molecule has 7 rings (SSSR count). The van der Waals surface area contributed by atoms with Crippen LogP contribution in [0.4, 0.5) is 0 Å². The molecule has 10 heteroatoms. The van der Waals surface area contributed by atoms with Gasteiger partial charge < -0.3 is 30.5 Å². The summed E-state index contributed by atoms with van der Waals surface area (Å²) in [4.78, 5) is 36.3. The Hall–Kier alpha value is -3.02. The Morgan fingerprint density at radius 3 is 2.47 bits per heavy atom. The van der Waals surface area contributed by atoms with Crippen molar-refractivity contribution in [1.29, 1.82) is 0 Å². The summed E-state index contributed by atoms with van der Waals surface area (Å²) in [7, 11) is 5.73. The highest BCUT2D eigenvalue weighted by Crippen LogP contribution is 2.61. The summed E-state index contributed by atoms with van der Waals surface area (Å²) in [5.74, 6) is 1.86. The van der Waals surface area contributed by atoms with Crippen LogP contribution in [0.2, 0.25) is 0 Å². The number of carbonyl (C=O) groups excluding carboxylic acids is 2. The molecular formula is C43H64N4O6. The van der Waals surface area contributed by atoms with E-state index in [0.717, 1.165) is 36.1 Å². The Morgan fingerprint density at radius 1 is 1.09 bits per heavy atom. The number of nitrogens with zero attached hydrogens (tertiary/aromatic N) is 2. The molecule has 2 aromatic carbocycles. The average molecular weight is 733 g/mol. The molecule has 5 aliphatic rings. The van der Waals surface area contributed by atoms with E-state index in [4.69, 9.17) is 9.57 Å². The molecular weight excluding hydrogens is 668 g/mol. The number of aliphatic hydroxyl groups is 2. The minimum atomic E-state index is -0.883. The van der Waals surface area contributed by atoms with Crippen LogP contribution in [0.1, 0.15) is 95.0 Å². The molecule has 2 bridgehead atoms. The van der Waals surface area contributed by atoms with Gasteiger partial charge in [-0.2, -0.15) is 5.06 Å². The molecule has 5 fully saturated rings. The molecule has 4 N–H and O–H groups in total. The van der Waals surface area contributed by atoms with Crippen LogP contribution in [0.15, 0.2) is 42.5 Å². The second-order valence-electron chi connectivity index (χ2n) is 17.5. The first-order valence-electron chi connectivity index (χ1n) is 20.1. The Morgan fingerprint density at radius 2 is 1.83 bits per heavy atom. The first-order valence-corrected chi connectivity index (χ1v) is 20.1. The van der Waals surface area contributed by atoms with E-state index < -0.39 is 24.2 Å². The Bertz CT molecular complexity index is 1570. The van der Waals surface area contributed by atoms with Gasteiger partial charge in [0, 0.05) is 41.2 Å². The Balaban J connectivity index is 1.21. The van der Waals surface area contributed by atoms with Crippen molar-refractivity contribution in [3.63, 3.8) is 0 Å². The van der Waals surface area contributed by atoms with Crippen molar-refractivity contribution in [1.82, 2.24) is 20.6 Å². The number of likely N-dealkylation sites (N-methyl/N-ethyl adjacent to an activating group) is 1. The first kappa shape index (κ1) is 39.7. The SMILES string of the molecule is COc1c(CN2O[C@@H](CO)[C@@H]([C@H](C)O)[C@H]2C(=O)N[C@H]2CC3C[C@@H]([C@@H]2C)C3(C)C)cccc1-c1cccc(C(=O)N[C@@H](CC2CCCCC2)CN(C)C)c1. The fraction of sp³-hybridized carbons (Fsp3) is 0.674. The topological polar surface area (TPSA) is 124 Å². The van der Waals surface area contributed by atoms with Crippen LogP contribution < -0.4 is 15.4 Å². The number of hydrogen-bond acceptors (Lipinski definition) is 8. The monoisotopic (exact) mass is 732 g/mol. The molecule has 1 saturated heterocycles. The van der Waals surface area contributed by atoms with E-state index in [1.807, 2.05) is 42.5 Å². The molecule has 0 aromatic heterocycles. The van der Waals surface area contributed by atoms with Gasteiger partial charge in [-0.15, -0.1) is 0 Å². The number of hydroxylamine groups is 2. The second kappa shape index (κ2) is 16.8. The van der Waals surface area contributed by atoms with E-state index in [9.17, 15) is 19.8 Å². The number of methoxy groups -OCH3 is 1. The van der Waals surface area contributed by atoms with Gasteiger partial charge in [-0.25, -0.2) is 0 Å². The van der Waals surface area contributed by atoms with Crippen molar-refractivity contribution >= 4 is 11.8 Å². The summed E-state index contributed by atoms with van der Waals surface area (Å²) in [6, 6.07) is 12.8. The van der Waals surface area contributed by atoms with Crippen molar-refractivity contribution < 1.29 is 29.4 Å². The van der Waals surface area contributed by atoms with Crippen molar-refractivity contribution in [2.75, 3.05) is 34.4 Å². The van der Waals surface area contributed by atoms with Gasteiger partial charge in [0.25, 0.3) is 5.91 Å². The molecule has 4 saturated carbocycles. The molecule has 0 radical (unpaired) electrons. The number of aliphatic hydroxyl groups excluding tert-OH is 2. The highest BCUT2D eigenvalue weighted by Gasteiger charge is 2.57. The van der Waals surface area contributed by atoms with E-state index >= 15 is 0 Å². The maximum absolute atomic E-state index is 14.2. The standard InChI is InChI=1S/C43H64N4O6/c1-26-35-21-32(43(35,3)4)22-36(26)45-42(51)39-38(27(2)49)37(25-48)53-47(39)23-31-17-12-18-34(40(31)52-7)29-15-11-16-30(20-29)41(50)44-33(24-46(5)6)19-28-13-9-8-10-14-28/h11-12,15-18,20,26-28,32-33,35-39,48-49H,8-10,13-14,19,21-25H2,1-7H3,(H,44,50)(H,45,51)/t26-,27-,32?,33-,35-,36-,37-,38+,39-/m0/s1. The lowest BCUT2D eigenvalue weighted by Crippen LogP contribution is -2.62. The third-order valence-electron chi connectivity index (χ3n) is 13.4. The summed E-state index contributed by atoms with van der Waals surface area (Å²) in [6.07, 6.45) is 7.85. The van der Waals surface area contributed by atoms with Gasteiger partial charge in [-0.05, 0) is 87.1 Å². The number of fused-ring (bicyclic) bond motifs is 2. The van der Waals surface area contributed by atoms with E-state index in [2.05, 4.69) is 50.4 Å². The predicted octanol–water partition coefficient (Wildman–Crippen LogP) is 5.65. The lowest BCUT2D eigenvalue weighted by atomic mass is 9.45. The smallest absolute Gasteiger partial charge is 0.251 e. The van der Waals surface area contributed by atoms with Crippen LogP contribution in [0, 0.1) is 35.0 Å². The van der Waals surface area contributed by atoms with E-state index in [1.54, 1.807) is 19.1 Å². The van der Waals surface area contributed by atoms with Gasteiger partial charge in [0.15, 0.2) is 0 Å². The molecule has 292 valence electrons. The highest BCUT2D eigenvalue weighted by molar-refractivity contribution is 5.96. The normalized spacial score (nSPS) is 29.7. The first-order chi connectivity index (χ1) is 25.3. The van der Waals surface area contributed by atoms with Crippen molar-refractivity contribution in [2.24, 2.45) is 35.0 Å². The van der Waals surface area contributed by atoms with Gasteiger partial charge in [0.1, 0.15) is 17.9 Å². The third kappa shape index (κ3) is 8.47. The van der Waals surface area contributed by atoms with Gasteiger partial charge in [-0.3, -0.25) is 14.4 Å². The van der Waals surface area contributed by atoms with E-state index in [0.29, 0.717) is 40.4 Å². The Kier molecular flexibility index (Phi) is 12.6. The van der Waals surface area contributed by atoms with E-state index in [1.165, 1.54) is 38.5 Å². The maximum Gasteiger partial charge on any atom is 0.251 e. The average Bonchev–Trinajstić information content (AvgIpc) is 3.51. The zero-order chi connectivity index (χ0) is 38.0. The summed E-state index contributed by atoms with van der Waals surface area (Å²) < 4.78 is 6.04. The molecule has 0 spiro atoms. The number of benzene rings is 2. The highest BCUT2D eigenvalue weighted by atomic mass is 16.7. The van der Waals surface area contributed by atoms with Crippen molar-refractivity contribution in [2.45, 2.75) is 116 Å². The number of nitrogens with one attached hydrogen (secondary N) is 2. The molecule has 1 aliphatic heterocycles. The zero-order valence-electron chi connectivity index (χ0n) is 33.0. The predicted molar refractivity (Wildman–Crippen MR) is 207 cm³/mol. The summed E-state index contributed by atoms with van der Waals surface area (Å²) in [5, 5.41) is 29.6. The molecule has 4 aliphatic carbocycles. The van der Waals surface area contributed by atoms with Gasteiger partial charge in [-0.1, -0.05) is 83.2 Å². The van der Waals surface area contributed by atoms with Crippen molar-refractivity contribution in [3.05, 3.63) is 53.6 Å². The number of ether oxygens (including phenoxy) is 1. The second-order valence-corrected chi connectivity index (χ2v) is 17.5. The molecule has 10 nitrogen and oxygen atoms in total. The number of para-hydroxylation sites is 1. The van der Waals surface area contributed by atoms with Crippen LogP contribution in [-0.4, -0.2) is 96.7 Å². The summed E-state index contributed by atoms with van der Waals surface area (Å²) in [5.41, 5.74) is 3.32. The van der Waals surface area contributed by atoms with Gasteiger partial charge in [0.05, 0.1) is 26.4 Å². The lowest BCUT2D eigenvalue weighted by molar-refractivity contribution is -0.183. The fourth-order valence-corrected chi connectivity index (χ4v) is 10.4. The zero-order valence-corrected chi connectivity index (χ0v) is 33.0.